The lowest BCUT2D eigenvalue weighted by molar-refractivity contribution is 0.0986. The molecule has 3 rings (SSSR count). The Kier molecular flexibility index (Phi) is 4.46. The molecule has 0 spiro atoms. The van der Waals surface area contributed by atoms with Crippen molar-refractivity contribution in [1.82, 2.24) is 0 Å². The van der Waals surface area contributed by atoms with Crippen LogP contribution in [-0.4, -0.2) is 41.0 Å². The zero-order valence-corrected chi connectivity index (χ0v) is 13.1. The van der Waals surface area contributed by atoms with Gasteiger partial charge in [-0.25, -0.2) is 0 Å². The number of Topliss-reactive ketones (excluding diaryl/α,β-unsaturated/α-hetero) is 1. The van der Waals surface area contributed by atoms with Crippen LogP contribution in [0.15, 0.2) is 18.2 Å². The van der Waals surface area contributed by atoms with E-state index in [1.165, 1.54) is 0 Å². The van der Waals surface area contributed by atoms with E-state index in [0.717, 1.165) is 29.2 Å². The largest absolute Gasteiger partial charge is 0.486 e. The minimum atomic E-state index is 0.0707. The van der Waals surface area contributed by atoms with E-state index >= 15 is 0 Å². The van der Waals surface area contributed by atoms with Crippen molar-refractivity contribution in [3.05, 3.63) is 23.8 Å². The molecule has 1 saturated heterocycles. The van der Waals surface area contributed by atoms with E-state index in [0.29, 0.717) is 24.2 Å². The number of benzene rings is 1. The van der Waals surface area contributed by atoms with Crippen LogP contribution in [0.5, 0.6) is 11.5 Å². The van der Waals surface area contributed by atoms with Gasteiger partial charge in [0.2, 0.25) is 0 Å². The second kappa shape index (κ2) is 6.31. The summed E-state index contributed by atoms with van der Waals surface area (Å²) >= 11 is 3.72. The lowest BCUT2D eigenvalue weighted by Gasteiger charge is -2.29. The average Bonchev–Trinajstić information content (AvgIpc) is 2.53. The molecular weight excluding hydrogens is 292 g/mol. The molecule has 0 aromatic heterocycles. The van der Waals surface area contributed by atoms with E-state index in [1.807, 2.05) is 30.0 Å². The third-order valence-corrected chi connectivity index (χ3v) is 6.78. The van der Waals surface area contributed by atoms with Gasteiger partial charge in [0.05, 0.1) is 5.25 Å². The van der Waals surface area contributed by atoms with Gasteiger partial charge in [0.1, 0.15) is 13.2 Å². The molecule has 3 nitrogen and oxygen atoms in total. The van der Waals surface area contributed by atoms with Crippen molar-refractivity contribution < 1.29 is 14.3 Å². The lowest BCUT2D eigenvalue weighted by atomic mass is 10.0. The van der Waals surface area contributed by atoms with Gasteiger partial charge in [-0.3, -0.25) is 4.79 Å². The zero-order valence-electron chi connectivity index (χ0n) is 11.5. The van der Waals surface area contributed by atoms with Crippen LogP contribution in [0.2, 0.25) is 0 Å². The first kappa shape index (κ1) is 14.1. The first-order chi connectivity index (χ1) is 9.79. The van der Waals surface area contributed by atoms with Crippen molar-refractivity contribution in [2.24, 2.45) is 0 Å². The molecule has 1 fully saturated rings. The maximum Gasteiger partial charge on any atom is 0.177 e. The summed E-state index contributed by atoms with van der Waals surface area (Å²) in [5.41, 5.74) is 0.743. The van der Waals surface area contributed by atoms with Gasteiger partial charge in [-0.1, -0.05) is 6.92 Å². The Morgan fingerprint density at radius 3 is 2.75 bits per heavy atom. The van der Waals surface area contributed by atoms with Crippen molar-refractivity contribution in [2.75, 3.05) is 24.7 Å². The van der Waals surface area contributed by atoms with Crippen LogP contribution in [0, 0.1) is 0 Å². The first-order valence-corrected chi connectivity index (χ1v) is 9.06. The third kappa shape index (κ3) is 2.79. The van der Waals surface area contributed by atoms with E-state index < -0.39 is 0 Å². The summed E-state index contributed by atoms with van der Waals surface area (Å²) in [6.07, 6.45) is 1.04. The number of fused-ring (bicyclic) bond motifs is 1. The molecule has 0 amide bonds. The van der Waals surface area contributed by atoms with Crippen molar-refractivity contribution in [2.45, 2.75) is 23.8 Å². The maximum absolute atomic E-state index is 12.7. The van der Waals surface area contributed by atoms with Crippen LogP contribution in [0.1, 0.15) is 23.7 Å². The summed E-state index contributed by atoms with van der Waals surface area (Å²) < 4.78 is 11.1. The standard InChI is InChI=1S/C15H18O3S2/c1-2-13-15(20-8-7-19-13)14(16)10-3-4-11-12(9-10)18-6-5-17-11/h3-4,9,13,15H,2,5-8H2,1H3. The third-order valence-electron chi connectivity index (χ3n) is 3.54. The second-order valence-corrected chi connectivity index (χ2v) is 7.43. The van der Waals surface area contributed by atoms with Crippen LogP contribution in [-0.2, 0) is 0 Å². The molecule has 0 aliphatic carbocycles. The molecule has 1 aromatic rings. The summed E-state index contributed by atoms with van der Waals surface area (Å²) in [6, 6.07) is 5.55. The number of ether oxygens (including phenoxy) is 2. The first-order valence-electron chi connectivity index (χ1n) is 6.96. The molecule has 2 atom stereocenters. The van der Waals surface area contributed by atoms with Crippen LogP contribution in [0.25, 0.3) is 0 Å². The normalized spacial score (nSPS) is 25.2. The Hall–Kier alpha value is -0.810. The van der Waals surface area contributed by atoms with E-state index in [9.17, 15) is 4.79 Å². The van der Waals surface area contributed by atoms with Gasteiger partial charge < -0.3 is 9.47 Å². The van der Waals surface area contributed by atoms with Gasteiger partial charge in [0.25, 0.3) is 0 Å². The molecule has 2 aliphatic heterocycles. The fourth-order valence-electron chi connectivity index (χ4n) is 2.51. The van der Waals surface area contributed by atoms with Crippen molar-refractivity contribution in [3.8, 4) is 11.5 Å². The SMILES string of the molecule is CCC1SCCSC1C(=O)c1ccc2c(c1)OCCO2. The van der Waals surface area contributed by atoms with E-state index in [2.05, 4.69) is 6.92 Å². The van der Waals surface area contributed by atoms with E-state index in [-0.39, 0.29) is 11.0 Å². The summed E-state index contributed by atoms with van der Waals surface area (Å²) in [6.45, 7) is 3.29. The van der Waals surface area contributed by atoms with Crippen LogP contribution in [0.4, 0.5) is 0 Å². The minimum Gasteiger partial charge on any atom is -0.486 e. The Labute approximate surface area is 127 Å². The highest BCUT2D eigenvalue weighted by molar-refractivity contribution is 8.07. The Balaban J connectivity index is 1.82. The molecule has 1 aromatic carbocycles. The maximum atomic E-state index is 12.7. The number of hydrogen-bond acceptors (Lipinski definition) is 5. The van der Waals surface area contributed by atoms with Crippen LogP contribution in [0.3, 0.4) is 0 Å². The summed E-state index contributed by atoms with van der Waals surface area (Å²) in [7, 11) is 0. The lowest BCUT2D eigenvalue weighted by Crippen LogP contribution is -2.32. The van der Waals surface area contributed by atoms with Crippen LogP contribution >= 0.6 is 23.5 Å². The summed E-state index contributed by atoms with van der Waals surface area (Å²) in [5, 5.41) is 0.496. The number of carbonyl (C=O) groups is 1. The summed E-state index contributed by atoms with van der Waals surface area (Å²) in [4.78, 5) is 12.7. The van der Waals surface area contributed by atoms with Gasteiger partial charge in [-0.05, 0) is 24.6 Å². The van der Waals surface area contributed by atoms with Gasteiger partial charge in [-0.15, -0.1) is 11.8 Å². The number of rotatable bonds is 3. The molecule has 108 valence electrons. The van der Waals surface area contributed by atoms with Crippen molar-refractivity contribution in [1.29, 1.82) is 0 Å². The average molecular weight is 310 g/mol. The topological polar surface area (TPSA) is 35.5 Å². The number of carbonyl (C=O) groups excluding carboxylic acids is 1. The quantitative estimate of drug-likeness (QED) is 0.801. The molecule has 0 radical (unpaired) electrons. The summed E-state index contributed by atoms with van der Waals surface area (Å²) in [5.74, 6) is 3.87. The zero-order chi connectivity index (χ0) is 13.9. The van der Waals surface area contributed by atoms with Gasteiger partial charge in [-0.2, -0.15) is 11.8 Å². The molecule has 0 saturated carbocycles. The Morgan fingerprint density at radius 1 is 1.20 bits per heavy atom. The highest BCUT2D eigenvalue weighted by Crippen LogP contribution is 2.37. The minimum absolute atomic E-state index is 0.0707. The predicted octanol–water partition coefficient (Wildman–Crippen LogP) is 3.27. The van der Waals surface area contributed by atoms with E-state index in [4.69, 9.17) is 9.47 Å². The molecule has 2 heterocycles. The molecule has 2 unspecified atom stereocenters. The number of hydrogen-bond donors (Lipinski definition) is 0. The monoisotopic (exact) mass is 310 g/mol. The Morgan fingerprint density at radius 2 is 1.95 bits per heavy atom. The molecule has 5 heteroatoms. The highest BCUT2D eigenvalue weighted by atomic mass is 32.2. The highest BCUT2D eigenvalue weighted by Gasteiger charge is 2.32. The van der Waals surface area contributed by atoms with Crippen molar-refractivity contribution >= 4 is 29.3 Å². The fraction of sp³-hybridized carbons (Fsp3) is 0.533. The fourth-order valence-corrected chi connectivity index (χ4v) is 5.53. The Bertz CT molecular complexity index is 504. The van der Waals surface area contributed by atoms with E-state index in [1.54, 1.807) is 11.8 Å². The van der Waals surface area contributed by atoms with Crippen molar-refractivity contribution in [3.63, 3.8) is 0 Å². The van der Waals surface area contributed by atoms with Crippen LogP contribution < -0.4 is 9.47 Å². The molecule has 0 N–H and O–H groups in total. The molecular formula is C15H18O3S2. The number of thioether (sulfide) groups is 2. The van der Waals surface area contributed by atoms with Gasteiger partial charge in [0, 0.05) is 22.3 Å². The van der Waals surface area contributed by atoms with Gasteiger partial charge >= 0.3 is 0 Å². The number of ketones is 1. The molecule has 2 aliphatic rings. The predicted molar refractivity (Wildman–Crippen MR) is 84.5 cm³/mol. The molecule has 20 heavy (non-hydrogen) atoms. The second-order valence-electron chi connectivity index (χ2n) is 4.83. The van der Waals surface area contributed by atoms with Gasteiger partial charge in [0.15, 0.2) is 17.3 Å². The smallest absolute Gasteiger partial charge is 0.177 e. The molecule has 0 bridgehead atoms.